The normalized spacial score (nSPS) is 9.78. The smallest absolute Gasteiger partial charge is 0.185 e. The van der Waals surface area contributed by atoms with Gasteiger partial charge in [0.1, 0.15) is 0 Å². The molecule has 0 saturated heterocycles. The summed E-state index contributed by atoms with van der Waals surface area (Å²) in [5, 5.41) is 0. The molecule has 0 unspecified atom stereocenters. The predicted molar refractivity (Wildman–Crippen MR) is 72.5 cm³/mol. The molecule has 3 nitrogen and oxygen atoms in total. The summed E-state index contributed by atoms with van der Waals surface area (Å²) < 4.78 is 10.9. The summed E-state index contributed by atoms with van der Waals surface area (Å²) >= 11 is 0. The maximum absolute atomic E-state index is 11.9. The van der Waals surface area contributed by atoms with E-state index >= 15 is 0 Å². The molecular weight excluding hydrogens is 228 g/mol. The molecule has 0 N–H and O–H groups in total. The number of benzene rings is 1. The topological polar surface area (TPSA) is 35.5 Å². The van der Waals surface area contributed by atoms with Gasteiger partial charge in [-0.2, -0.15) is 0 Å². The molecule has 0 atom stereocenters. The van der Waals surface area contributed by atoms with Gasteiger partial charge in [0.2, 0.25) is 0 Å². The van der Waals surface area contributed by atoms with Gasteiger partial charge in [-0.25, -0.2) is 0 Å². The van der Waals surface area contributed by atoms with Crippen LogP contribution in [0.4, 0.5) is 0 Å². The van der Waals surface area contributed by atoms with E-state index in [-0.39, 0.29) is 5.78 Å². The largest absolute Gasteiger partial charge is 0.490 e. The summed E-state index contributed by atoms with van der Waals surface area (Å²) in [6.07, 6.45) is 1.62. The summed E-state index contributed by atoms with van der Waals surface area (Å²) in [5.74, 6) is 1.28. The number of carbonyl (C=O) groups excluding carboxylic acids is 1. The SMILES string of the molecule is CCOc1ccc(C(=O)C=C(C)C)cc1OCC. The molecule has 0 bridgehead atoms. The molecule has 3 heteroatoms. The van der Waals surface area contributed by atoms with Gasteiger partial charge in [0, 0.05) is 5.56 Å². The van der Waals surface area contributed by atoms with Crippen LogP contribution in [0.5, 0.6) is 11.5 Å². The van der Waals surface area contributed by atoms with Gasteiger partial charge in [-0.1, -0.05) is 5.57 Å². The maximum atomic E-state index is 11.9. The van der Waals surface area contributed by atoms with Crippen molar-refractivity contribution >= 4 is 5.78 Å². The highest BCUT2D eigenvalue weighted by atomic mass is 16.5. The van der Waals surface area contributed by atoms with Gasteiger partial charge in [0.25, 0.3) is 0 Å². The van der Waals surface area contributed by atoms with E-state index in [9.17, 15) is 4.79 Å². The lowest BCUT2D eigenvalue weighted by Gasteiger charge is -2.11. The Balaban J connectivity index is 3.06. The van der Waals surface area contributed by atoms with E-state index in [4.69, 9.17) is 9.47 Å². The standard InChI is InChI=1S/C15H20O3/c1-5-17-14-8-7-12(10-15(14)18-6-2)13(16)9-11(3)4/h7-10H,5-6H2,1-4H3. The Morgan fingerprint density at radius 1 is 1.11 bits per heavy atom. The van der Waals surface area contributed by atoms with Crippen LogP contribution < -0.4 is 9.47 Å². The van der Waals surface area contributed by atoms with Crippen LogP contribution in [0.15, 0.2) is 29.8 Å². The van der Waals surface area contributed by atoms with Crippen LogP contribution in [0, 0.1) is 0 Å². The Labute approximate surface area is 108 Å². The van der Waals surface area contributed by atoms with Crippen molar-refractivity contribution in [2.75, 3.05) is 13.2 Å². The summed E-state index contributed by atoms with van der Waals surface area (Å²) in [5.41, 5.74) is 1.59. The molecule has 0 saturated carbocycles. The third kappa shape index (κ3) is 3.91. The van der Waals surface area contributed by atoms with E-state index in [1.54, 1.807) is 24.3 Å². The quantitative estimate of drug-likeness (QED) is 0.569. The first-order chi connectivity index (χ1) is 8.58. The van der Waals surface area contributed by atoms with Crippen molar-refractivity contribution in [3.63, 3.8) is 0 Å². The van der Waals surface area contributed by atoms with E-state index in [1.165, 1.54) is 0 Å². The molecule has 1 aromatic rings. The summed E-state index contributed by atoms with van der Waals surface area (Å²) in [4.78, 5) is 11.9. The molecule has 98 valence electrons. The maximum Gasteiger partial charge on any atom is 0.185 e. The zero-order valence-corrected chi connectivity index (χ0v) is 11.4. The van der Waals surface area contributed by atoms with Crippen molar-refractivity contribution in [1.29, 1.82) is 0 Å². The molecule has 0 radical (unpaired) electrons. The minimum Gasteiger partial charge on any atom is -0.490 e. The lowest BCUT2D eigenvalue weighted by atomic mass is 10.1. The molecule has 0 fully saturated rings. The molecule has 0 aromatic heterocycles. The second kappa shape index (κ2) is 6.84. The summed E-state index contributed by atoms with van der Waals surface area (Å²) in [6, 6.07) is 5.27. The molecule has 0 aliphatic carbocycles. The van der Waals surface area contributed by atoms with Gasteiger partial charge in [0.15, 0.2) is 17.3 Å². The predicted octanol–water partition coefficient (Wildman–Crippen LogP) is 3.63. The molecule has 0 aliphatic rings. The van der Waals surface area contributed by atoms with E-state index in [0.717, 1.165) is 5.57 Å². The van der Waals surface area contributed by atoms with Crippen molar-refractivity contribution in [3.8, 4) is 11.5 Å². The minimum absolute atomic E-state index is 0.0148. The zero-order chi connectivity index (χ0) is 13.5. The fourth-order valence-corrected chi connectivity index (χ4v) is 1.55. The first-order valence-corrected chi connectivity index (χ1v) is 6.17. The van der Waals surface area contributed by atoms with Crippen LogP contribution in [-0.4, -0.2) is 19.0 Å². The molecule has 0 amide bonds. The van der Waals surface area contributed by atoms with E-state index in [0.29, 0.717) is 30.3 Å². The summed E-state index contributed by atoms with van der Waals surface area (Å²) in [6.45, 7) is 8.73. The van der Waals surface area contributed by atoms with Crippen LogP contribution >= 0.6 is 0 Å². The lowest BCUT2D eigenvalue weighted by Crippen LogP contribution is -2.01. The Morgan fingerprint density at radius 3 is 2.28 bits per heavy atom. The number of carbonyl (C=O) groups is 1. The molecule has 1 rings (SSSR count). The second-order valence-corrected chi connectivity index (χ2v) is 4.11. The van der Waals surface area contributed by atoms with Crippen LogP contribution in [0.2, 0.25) is 0 Å². The van der Waals surface area contributed by atoms with Crippen LogP contribution in [0.25, 0.3) is 0 Å². The van der Waals surface area contributed by atoms with Crippen LogP contribution in [0.1, 0.15) is 38.1 Å². The molecule has 0 aliphatic heterocycles. The number of ketones is 1. The highest BCUT2D eigenvalue weighted by molar-refractivity contribution is 6.05. The van der Waals surface area contributed by atoms with Gasteiger partial charge in [-0.05, 0) is 52.0 Å². The first kappa shape index (κ1) is 14.3. The van der Waals surface area contributed by atoms with Crippen LogP contribution in [0.3, 0.4) is 0 Å². The van der Waals surface area contributed by atoms with Gasteiger partial charge < -0.3 is 9.47 Å². The van der Waals surface area contributed by atoms with E-state index in [1.807, 2.05) is 27.7 Å². The fraction of sp³-hybridized carbons (Fsp3) is 0.400. The number of ether oxygens (including phenoxy) is 2. The highest BCUT2D eigenvalue weighted by Crippen LogP contribution is 2.28. The average Bonchev–Trinajstić information content (AvgIpc) is 2.31. The van der Waals surface area contributed by atoms with Crippen molar-refractivity contribution < 1.29 is 14.3 Å². The molecule has 1 aromatic carbocycles. The molecular formula is C15H20O3. The van der Waals surface area contributed by atoms with E-state index < -0.39 is 0 Å². The van der Waals surface area contributed by atoms with Crippen molar-refractivity contribution in [2.45, 2.75) is 27.7 Å². The molecule has 18 heavy (non-hydrogen) atoms. The number of hydrogen-bond acceptors (Lipinski definition) is 3. The van der Waals surface area contributed by atoms with Crippen molar-refractivity contribution in [1.82, 2.24) is 0 Å². The van der Waals surface area contributed by atoms with Crippen molar-refractivity contribution in [2.24, 2.45) is 0 Å². The highest BCUT2D eigenvalue weighted by Gasteiger charge is 2.09. The van der Waals surface area contributed by atoms with Crippen LogP contribution in [-0.2, 0) is 0 Å². The van der Waals surface area contributed by atoms with Gasteiger partial charge in [0.05, 0.1) is 13.2 Å². The van der Waals surface area contributed by atoms with Crippen molar-refractivity contribution in [3.05, 3.63) is 35.4 Å². The Morgan fingerprint density at radius 2 is 1.72 bits per heavy atom. The number of rotatable bonds is 6. The Kier molecular flexibility index (Phi) is 5.43. The fourth-order valence-electron chi connectivity index (χ4n) is 1.55. The van der Waals surface area contributed by atoms with Gasteiger partial charge in [-0.15, -0.1) is 0 Å². The number of allylic oxidation sites excluding steroid dienone is 2. The molecule has 0 heterocycles. The van der Waals surface area contributed by atoms with E-state index in [2.05, 4.69) is 0 Å². The Bertz CT molecular complexity index is 443. The third-order valence-electron chi connectivity index (χ3n) is 2.25. The van der Waals surface area contributed by atoms with Gasteiger partial charge >= 0.3 is 0 Å². The average molecular weight is 248 g/mol. The molecule has 0 spiro atoms. The monoisotopic (exact) mass is 248 g/mol. The Hall–Kier alpha value is -1.77. The van der Waals surface area contributed by atoms with Gasteiger partial charge in [-0.3, -0.25) is 4.79 Å². The number of hydrogen-bond donors (Lipinski definition) is 0. The minimum atomic E-state index is -0.0148. The second-order valence-electron chi connectivity index (χ2n) is 4.11. The third-order valence-corrected chi connectivity index (χ3v) is 2.25. The lowest BCUT2D eigenvalue weighted by molar-refractivity contribution is 0.104. The first-order valence-electron chi connectivity index (χ1n) is 6.17. The zero-order valence-electron chi connectivity index (χ0n) is 11.4. The summed E-state index contributed by atoms with van der Waals surface area (Å²) in [7, 11) is 0.